The highest BCUT2D eigenvalue weighted by molar-refractivity contribution is 5.76. The van der Waals surface area contributed by atoms with Crippen LogP contribution < -0.4 is 5.32 Å². The minimum absolute atomic E-state index is 0.0117. The molecule has 6 nitrogen and oxygen atoms in total. The van der Waals surface area contributed by atoms with Gasteiger partial charge in [0.25, 0.3) is 0 Å². The van der Waals surface area contributed by atoms with Gasteiger partial charge < -0.3 is 20.3 Å². The fourth-order valence-electron chi connectivity index (χ4n) is 13.8. The van der Waals surface area contributed by atoms with Gasteiger partial charge in [0, 0.05) is 12.8 Å². The molecule has 0 saturated heterocycles. The molecule has 2 unspecified atom stereocenters. The maximum atomic E-state index is 12.6. The number of ether oxygens (including phenoxy) is 1. The summed E-state index contributed by atoms with van der Waals surface area (Å²) in [4.78, 5) is 24.7. The van der Waals surface area contributed by atoms with Crippen LogP contribution in [-0.4, -0.2) is 47.4 Å². The van der Waals surface area contributed by atoms with Crippen molar-refractivity contribution in [2.24, 2.45) is 0 Å². The first-order chi connectivity index (χ1) is 46.5. The quantitative estimate of drug-likeness (QED) is 0.0320. The number of esters is 1. The molecule has 0 radical (unpaired) electrons. The minimum atomic E-state index is -0.664. The normalized spacial score (nSPS) is 12.6. The maximum Gasteiger partial charge on any atom is 0.305 e. The Labute approximate surface area is 589 Å². The predicted octanol–water partition coefficient (Wildman–Crippen LogP) is 28.9. The van der Waals surface area contributed by atoms with E-state index in [0.29, 0.717) is 25.9 Å². The van der Waals surface area contributed by atoms with Gasteiger partial charge in [-0.3, -0.25) is 9.59 Å². The Balaban J connectivity index is 3.36. The van der Waals surface area contributed by atoms with Gasteiger partial charge in [0.1, 0.15) is 0 Å². The molecule has 0 fully saturated rings. The monoisotopic (exact) mass is 1320 g/mol. The van der Waals surface area contributed by atoms with Gasteiger partial charge in [0.2, 0.25) is 5.91 Å². The van der Waals surface area contributed by atoms with E-state index in [1.165, 1.54) is 405 Å². The van der Waals surface area contributed by atoms with Crippen LogP contribution in [0.3, 0.4) is 0 Å². The molecule has 0 aliphatic rings. The number of aliphatic hydroxyl groups excluding tert-OH is 2. The summed E-state index contributed by atoms with van der Waals surface area (Å²) in [5.41, 5.74) is 0. The molecule has 0 aromatic carbocycles. The number of allylic oxidation sites excluding steroid dienone is 6. The number of rotatable bonds is 82. The lowest BCUT2D eigenvalue weighted by Crippen LogP contribution is -2.45. The minimum Gasteiger partial charge on any atom is -0.466 e. The summed E-state index contributed by atoms with van der Waals surface area (Å²) in [7, 11) is 0. The Hall–Kier alpha value is -1.92. The van der Waals surface area contributed by atoms with Crippen LogP contribution in [0.25, 0.3) is 0 Å². The van der Waals surface area contributed by atoms with Crippen LogP contribution in [0, 0.1) is 0 Å². The Morgan fingerprint density at radius 1 is 0.298 bits per heavy atom. The van der Waals surface area contributed by atoms with Crippen LogP contribution in [0.1, 0.15) is 489 Å². The standard InChI is InChI=1S/C88H169NO5/c1-3-5-7-9-11-13-15-17-19-20-21-22-23-37-40-43-46-49-53-56-60-64-68-72-76-80-86(91)85(84-90)89-87(92)81-77-73-69-65-61-57-54-50-47-44-41-38-35-33-31-29-27-25-24-26-28-30-32-34-36-39-42-45-48-51-55-59-63-67-71-75-79-83-94-88(93)82-78-74-70-66-62-58-52-18-16-14-12-10-8-6-4-2/h18,24,26,30,32,52,85-86,90-91H,3-17,19-23,25,27-29,31,33-51,53-84H2,1-2H3,(H,89,92)/b26-24-,32-30-,52-18-. The van der Waals surface area contributed by atoms with Gasteiger partial charge in [-0.2, -0.15) is 0 Å². The van der Waals surface area contributed by atoms with Crippen molar-refractivity contribution in [3.05, 3.63) is 36.5 Å². The van der Waals surface area contributed by atoms with Crippen LogP contribution in [0.4, 0.5) is 0 Å². The molecule has 0 aliphatic heterocycles. The van der Waals surface area contributed by atoms with Crippen molar-refractivity contribution in [3.8, 4) is 0 Å². The summed E-state index contributed by atoms with van der Waals surface area (Å²) < 4.78 is 5.50. The Bertz CT molecular complexity index is 1520. The third kappa shape index (κ3) is 79.1. The molecule has 94 heavy (non-hydrogen) atoms. The molecule has 0 rings (SSSR count). The summed E-state index contributed by atoms with van der Waals surface area (Å²) in [5, 5.41) is 23.5. The second-order valence-electron chi connectivity index (χ2n) is 29.9. The summed E-state index contributed by atoms with van der Waals surface area (Å²) >= 11 is 0. The number of amides is 1. The molecule has 0 spiro atoms. The van der Waals surface area contributed by atoms with Gasteiger partial charge >= 0.3 is 5.97 Å². The van der Waals surface area contributed by atoms with Gasteiger partial charge in [-0.25, -0.2) is 0 Å². The number of unbranched alkanes of at least 4 members (excludes halogenated alkanes) is 65. The zero-order valence-electron chi connectivity index (χ0n) is 64.0. The summed E-state index contributed by atoms with van der Waals surface area (Å²) in [6.07, 6.45) is 110. The van der Waals surface area contributed by atoms with Crippen LogP contribution in [0.2, 0.25) is 0 Å². The van der Waals surface area contributed by atoms with Gasteiger partial charge in [-0.15, -0.1) is 0 Å². The highest BCUT2D eigenvalue weighted by Gasteiger charge is 2.20. The van der Waals surface area contributed by atoms with E-state index in [-0.39, 0.29) is 18.5 Å². The average Bonchev–Trinajstić information content (AvgIpc) is 3.59. The van der Waals surface area contributed by atoms with Crippen molar-refractivity contribution in [2.75, 3.05) is 13.2 Å². The van der Waals surface area contributed by atoms with Gasteiger partial charge in [0.15, 0.2) is 0 Å². The number of carbonyl (C=O) groups is 2. The highest BCUT2D eigenvalue weighted by atomic mass is 16.5. The summed E-state index contributed by atoms with van der Waals surface area (Å²) in [5.74, 6) is -0.0144. The molecule has 2 atom stereocenters. The van der Waals surface area contributed by atoms with E-state index in [1.807, 2.05) is 0 Å². The van der Waals surface area contributed by atoms with E-state index in [0.717, 1.165) is 51.4 Å². The van der Waals surface area contributed by atoms with Crippen LogP contribution in [0.15, 0.2) is 36.5 Å². The van der Waals surface area contributed by atoms with E-state index >= 15 is 0 Å². The van der Waals surface area contributed by atoms with Crippen molar-refractivity contribution >= 4 is 11.9 Å². The molecular formula is C88H169NO5. The summed E-state index contributed by atoms with van der Waals surface area (Å²) in [6, 6.07) is -0.541. The summed E-state index contributed by atoms with van der Waals surface area (Å²) in [6.45, 7) is 5.00. The third-order valence-corrected chi connectivity index (χ3v) is 20.4. The molecular weight excluding hydrogens is 1150 g/mol. The number of hydrogen-bond acceptors (Lipinski definition) is 5. The van der Waals surface area contributed by atoms with Crippen molar-refractivity contribution in [3.63, 3.8) is 0 Å². The zero-order valence-corrected chi connectivity index (χ0v) is 64.0. The van der Waals surface area contributed by atoms with Crippen LogP contribution >= 0.6 is 0 Å². The van der Waals surface area contributed by atoms with E-state index in [9.17, 15) is 19.8 Å². The molecule has 6 heteroatoms. The van der Waals surface area contributed by atoms with E-state index in [1.54, 1.807) is 0 Å². The van der Waals surface area contributed by atoms with Crippen LogP contribution in [-0.2, 0) is 14.3 Å². The lowest BCUT2D eigenvalue weighted by atomic mass is 10.0. The third-order valence-electron chi connectivity index (χ3n) is 20.4. The first-order valence-electron chi connectivity index (χ1n) is 43.2. The molecule has 3 N–H and O–H groups in total. The highest BCUT2D eigenvalue weighted by Crippen LogP contribution is 2.21. The van der Waals surface area contributed by atoms with E-state index < -0.39 is 12.1 Å². The number of aliphatic hydroxyl groups is 2. The molecule has 556 valence electrons. The van der Waals surface area contributed by atoms with Crippen molar-refractivity contribution in [1.82, 2.24) is 5.32 Å². The number of hydrogen-bond donors (Lipinski definition) is 3. The Morgan fingerprint density at radius 2 is 0.532 bits per heavy atom. The fourth-order valence-corrected chi connectivity index (χ4v) is 13.8. The van der Waals surface area contributed by atoms with Crippen molar-refractivity contribution in [1.29, 1.82) is 0 Å². The van der Waals surface area contributed by atoms with Crippen molar-refractivity contribution in [2.45, 2.75) is 501 Å². The second kappa shape index (κ2) is 83.5. The largest absolute Gasteiger partial charge is 0.466 e. The van der Waals surface area contributed by atoms with Gasteiger partial charge in [-0.1, -0.05) is 429 Å². The van der Waals surface area contributed by atoms with Crippen LogP contribution in [0.5, 0.6) is 0 Å². The van der Waals surface area contributed by atoms with Crippen molar-refractivity contribution < 1.29 is 24.5 Å². The molecule has 1 amide bonds. The van der Waals surface area contributed by atoms with E-state index in [2.05, 4.69) is 55.6 Å². The molecule has 0 aromatic heterocycles. The predicted molar refractivity (Wildman–Crippen MR) is 416 cm³/mol. The van der Waals surface area contributed by atoms with E-state index in [4.69, 9.17) is 4.74 Å². The SMILES string of the molecule is CCCCCCCC/C=C\CCCCCCCC(=O)OCCCCCCCCCCCCCCC/C=C\C/C=C\CCCCCCCCCCCCCCCCCCCC(=O)NC(CO)C(O)CCCCCCCCCCCCCCCCCCCCCCCCCCC. The smallest absolute Gasteiger partial charge is 0.305 e. The zero-order chi connectivity index (χ0) is 67.7. The molecule has 0 saturated carbocycles. The van der Waals surface area contributed by atoms with Gasteiger partial charge in [-0.05, 0) is 83.5 Å². The number of nitrogens with one attached hydrogen (secondary N) is 1. The maximum absolute atomic E-state index is 12.6. The molecule has 0 heterocycles. The first-order valence-corrected chi connectivity index (χ1v) is 43.2. The Morgan fingerprint density at radius 3 is 0.819 bits per heavy atom. The lowest BCUT2D eigenvalue weighted by Gasteiger charge is -2.22. The first kappa shape index (κ1) is 92.1. The Kier molecular flexibility index (Phi) is 81.8. The fraction of sp³-hybridized carbons (Fsp3) is 0.909. The second-order valence-corrected chi connectivity index (χ2v) is 29.9. The molecule has 0 bridgehead atoms. The molecule has 0 aliphatic carbocycles. The topological polar surface area (TPSA) is 95.9 Å². The molecule has 0 aromatic rings. The lowest BCUT2D eigenvalue weighted by molar-refractivity contribution is -0.143. The average molecular weight is 1320 g/mol. The number of carbonyl (C=O) groups excluding carboxylic acids is 2. The van der Waals surface area contributed by atoms with Gasteiger partial charge in [0.05, 0.1) is 25.4 Å².